The Bertz CT molecular complexity index is 3600. The van der Waals surface area contributed by atoms with E-state index in [1.54, 1.807) is 0 Å². The maximum absolute atomic E-state index is 14.1. The standard InChI is InChI=1S/C62H42FN/c1-39-14-28-50(29-15-39)64(52-32-26-49(63)27-33-52)51-30-22-45(23-31-51)60-54-10-3-5-12-56(54)61(57-13-6-4-11-55(57)60)48-37-40(2)36-47(38-48)41-16-18-42(19-17-41)53-34-24-46-21-20-43-8-7-9-44-25-35-58(53)62(46)59(43)44/h3-38H,1-2H3. The summed E-state index contributed by atoms with van der Waals surface area (Å²) in [6.07, 6.45) is 0. The highest BCUT2D eigenvalue weighted by Gasteiger charge is 2.19. The van der Waals surface area contributed by atoms with Crippen LogP contribution in [0.1, 0.15) is 11.1 Å². The molecule has 0 aliphatic rings. The van der Waals surface area contributed by atoms with Crippen LogP contribution in [0.15, 0.2) is 218 Å². The molecule has 0 aliphatic carbocycles. The molecule has 0 bridgehead atoms. The Morgan fingerprint density at radius 2 is 0.781 bits per heavy atom. The summed E-state index contributed by atoms with van der Waals surface area (Å²) in [5.41, 5.74) is 15.0. The number of fused-ring (bicyclic) bond motifs is 2. The van der Waals surface area contributed by atoms with Gasteiger partial charge in [0.1, 0.15) is 5.82 Å². The molecular weight excluding hydrogens is 778 g/mol. The number of halogens is 1. The molecule has 64 heavy (non-hydrogen) atoms. The lowest BCUT2D eigenvalue weighted by molar-refractivity contribution is 0.628. The lowest BCUT2D eigenvalue weighted by atomic mass is 9.85. The molecule has 2 heteroatoms. The summed E-state index contributed by atoms with van der Waals surface area (Å²) in [5.74, 6) is -0.252. The largest absolute Gasteiger partial charge is 0.311 e. The summed E-state index contributed by atoms with van der Waals surface area (Å²) in [4.78, 5) is 2.18. The summed E-state index contributed by atoms with van der Waals surface area (Å²) >= 11 is 0. The third-order valence-corrected chi connectivity index (χ3v) is 13.1. The second-order valence-electron chi connectivity index (χ2n) is 17.2. The van der Waals surface area contributed by atoms with Gasteiger partial charge in [-0.15, -0.1) is 0 Å². The zero-order valence-corrected chi connectivity index (χ0v) is 35.6. The molecule has 0 N–H and O–H groups in total. The molecule has 0 aliphatic heterocycles. The molecule has 0 amide bonds. The van der Waals surface area contributed by atoms with Gasteiger partial charge in [0.25, 0.3) is 0 Å². The van der Waals surface area contributed by atoms with E-state index >= 15 is 0 Å². The minimum atomic E-state index is -0.252. The number of anilines is 3. The first-order valence-electron chi connectivity index (χ1n) is 22.0. The Hall–Kier alpha value is -8.07. The van der Waals surface area contributed by atoms with Crippen LogP contribution < -0.4 is 4.90 Å². The van der Waals surface area contributed by atoms with Crippen LogP contribution in [0.3, 0.4) is 0 Å². The maximum Gasteiger partial charge on any atom is 0.123 e. The van der Waals surface area contributed by atoms with Crippen LogP contribution in [0.2, 0.25) is 0 Å². The first kappa shape index (κ1) is 37.7. The second kappa shape index (κ2) is 15.1. The Morgan fingerprint density at radius 1 is 0.312 bits per heavy atom. The number of hydrogen-bond donors (Lipinski definition) is 0. The molecule has 302 valence electrons. The van der Waals surface area contributed by atoms with Crippen molar-refractivity contribution in [1.29, 1.82) is 0 Å². The molecular formula is C62H42FN. The van der Waals surface area contributed by atoms with Crippen LogP contribution in [0.5, 0.6) is 0 Å². The molecule has 12 rings (SSSR count). The third-order valence-electron chi connectivity index (χ3n) is 13.1. The monoisotopic (exact) mass is 819 g/mol. The fourth-order valence-electron chi connectivity index (χ4n) is 10.2. The summed E-state index contributed by atoms with van der Waals surface area (Å²) in [5, 5.41) is 12.7. The summed E-state index contributed by atoms with van der Waals surface area (Å²) in [6.45, 7) is 4.30. The predicted molar refractivity (Wildman–Crippen MR) is 271 cm³/mol. The minimum absolute atomic E-state index is 0.252. The Balaban J connectivity index is 0.947. The van der Waals surface area contributed by atoms with Gasteiger partial charge in [-0.25, -0.2) is 4.39 Å². The van der Waals surface area contributed by atoms with Crippen LogP contribution in [-0.4, -0.2) is 0 Å². The van der Waals surface area contributed by atoms with Gasteiger partial charge in [-0.1, -0.05) is 169 Å². The van der Waals surface area contributed by atoms with E-state index in [-0.39, 0.29) is 5.82 Å². The normalized spacial score (nSPS) is 11.7. The van der Waals surface area contributed by atoms with E-state index in [9.17, 15) is 4.39 Å². The minimum Gasteiger partial charge on any atom is -0.311 e. The van der Waals surface area contributed by atoms with Gasteiger partial charge < -0.3 is 4.90 Å². The van der Waals surface area contributed by atoms with Crippen LogP contribution in [-0.2, 0) is 0 Å². The van der Waals surface area contributed by atoms with Crippen LogP contribution in [0.4, 0.5) is 21.5 Å². The van der Waals surface area contributed by atoms with Crippen LogP contribution in [0, 0.1) is 19.7 Å². The van der Waals surface area contributed by atoms with E-state index < -0.39 is 0 Å². The Kier molecular flexibility index (Phi) is 8.88. The average Bonchev–Trinajstić information content (AvgIpc) is 3.34. The Labute approximate surface area is 372 Å². The van der Waals surface area contributed by atoms with Gasteiger partial charge in [0.05, 0.1) is 0 Å². The van der Waals surface area contributed by atoms with E-state index in [1.165, 1.54) is 116 Å². The number of rotatable bonds is 7. The molecule has 12 aromatic carbocycles. The molecule has 0 atom stereocenters. The SMILES string of the molecule is Cc1ccc(N(c2ccc(F)cc2)c2ccc(-c3c4ccccc4c(-c4cc(C)cc(-c5ccc(-c6ccc7ccc8cccc9ccc6c7c89)cc5)c4)c4ccccc34)cc2)cc1. The van der Waals surface area contributed by atoms with Gasteiger partial charge in [0.15, 0.2) is 0 Å². The zero-order chi connectivity index (χ0) is 42.9. The van der Waals surface area contributed by atoms with Crippen molar-refractivity contribution >= 4 is 70.9 Å². The molecule has 0 saturated heterocycles. The van der Waals surface area contributed by atoms with Crippen molar-refractivity contribution in [2.45, 2.75) is 13.8 Å². The van der Waals surface area contributed by atoms with Crippen molar-refractivity contribution in [3.05, 3.63) is 235 Å². The third kappa shape index (κ3) is 6.29. The van der Waals surface area contributed by atoms with Gasteiger partial charge in [-0.2, -0.15) is 0 Å². The predicted octanol–water partition coefficient (Wildman–Crippen LogP) is 17.8. The number of benzene rings is 12. The van der Waals surface area contributed by atoms with E-state index in [2.05, 4.69) is 213 Å². The zero-order valence-electron chi connectivity index (χ0n) is 35.6. The van der Waals surface area contributed by atoms with Gasteiger partial charge in [0, 0.05) is 17.1 Å². The van der Waals surface area contributed by atoms with Crippen LogP contribution in [0.25, 0.3) is 98.4 Å². The molecule has 12 aromatic rings. The van der Waals surface area contributed by atoms with Crippen LogP contribution >= 0.6 is 0 Å². The Morgan fingerprint density at radius 3 is 1.39 bits per heavy atom. The molecule has 0 spiro atoms. The molecule has 0 fully saturated rings. The highest BCUT2D eigenvalue weighted by Crippen LogP contribution is 2.46. The topological polar surface area (TPSA) is 3.24 Å². The highest BCUT2D eigenvalue weighted by molar-refractivity contribution is 6.25. The quantitative estimate of drug-likeness (QED) is 0.114. The first-order valence-corrected chi connectivity index (χ1v) is 22.0. The fourth-order valence-corrected chi connectivity index (χ4v) is 10.2. The molecule has 1 nitrogen and oxygen atoms in total. The second-order valence-corrected chi connectivity index (χ2v) is 17.2. The average molecular weight is 820 g/mol. The number of hydrogen-bond acceptors (Lipinski definition) is 1. The molecule has 0 saturated carbocycles. The highest BCUT2D eigenvalue weighted by atomic mass is 19.1. The van der Waals surface area contributed by atoms with Crippen molar-refractivity contribution in [3.8, 4) is 44.5 Å². The number of aryl methyl sites for hydroxylation is 2. The van der Waals surface area contributed by atoms with Gasteiger partial charge in [0.2, 0.25) is 0 Å². The van der Waals surface area contributed by atoms with E-state index in [0.717, 1.165) is 22.6 Å². The van der Waals surface area contributed by atoms with Crippen molar-refractivity contribution in [1.82, 2.24) is 0 Å². The maximum atomic E-state index is 14.1. The lowest BCUT2D eigenvalue weighted by Gasteiger charge is -2.26. The van der Waals surface area contributed by atoms with E-state index in [4.69, 9.17) is 0 Å². The summed E-state index contributed by atoms with van der Waals surface area (Å²) in [6, 6.07) is 78.0. The number of nitrogens with zero attached hydrogens (tertiary/aromatic N) is 1. The summed E-state index contributed by atoms with van der Waals surface area (Å²) < 4.78 is 14.1. The van der Waals surface area contributed by atoms with Crippen molar-refractivity contribution in [3.63, 3.8) is 0 Å². The van der Waals surface area contributed by atoms with Gasteiger partial charge in [-0.05, 0) is 172 Å². The van der Waals surface area contributed by atoms with E-state index in [1.807, 2.05) is 12.1 Å². The first-order chi connectivity index (χ1) is 31.4. The van der Waals surface area contributed by atoms with Crippen molar-refractivity contribution in [2.24, 2.45) is 0 Å². The fraction of sp³-hybridized carbons (Fsp3) is 0.0323. The van der Waals surface area contributed by atoms with Crippen molar-refractivity contribution in [2.75, 3.05) is 4.90 Å². The molecule has 0 heterocycles. The lowest BCUT2D eigenvalue weighted by Crippen LogP contribution is -2.09. The van der Waals surface area contributed by atoms with Gasteiger partial charge >= 0.3 is 0 Å². The molecule has 0 aromatic heterocycles. The summed E-state index contributed by atoms with van der Waals surface area (Å²) in [7, 11) is 0. The van der Waals surface area contributed by atoms with Crippen molar-refractivity contribution < 1.29 is 4.39 Å². The smallest absolute Gasteiger partial charge is 0.123 e. The molecule has 0 unspecified atom stereocenters. The molecule has 0 radical (unpaired) electrons. The van der Waals surface area contributed by atoms with Gasteiger partial charge in [-0.3, -0.25) is 0 Å². The van der Waals surface area contributed by atoms with E-state index in [0.29, 0.717) is 0 Å².